The molecule has 1 aliphatic heterocycles. The molecule has 0 radical (unpaired) electrons. The Hall–Kier alpha value is -0.760. The van der Waals surface area contributed by atoms with Gasteiger partial charge in [0.2, 0.25) is 0 Å². The molecule has 1 fully saturated rings. The van der Waals surface area contributed by atoms with Crippen molar-refractivity contribution in [1.82, 2.24) is 9.80 Å². The first-order valence-corrected chi connectivity index (χ1v) is 6.26. The van der Waals surface area contributed by atoms with E-state index < -0.39 is 0 Å². The molecule has 2 nitrogen and oxygen atoms in total. The summed E-state index contributed by atoms with van der Waals surface area (Å²) in [7, 11) is 4.16. The predicted octanol–water partition coefficient (Wildman–Crippen LogP) is 2.60. The van der Waals surface area contributed by atoms with Gasteiger partial charge in [0.15, 0.2) is 0 Å². The summed E-state index contributed by atoms with van der Waals surface area (Å²) in [4.78, 5) is 4.57. The average molecular weight is 222 g/mol. The number of allylic oxidation sites excluding steroid dienone is 1. The molecule has 1 atom stereocenters. The van der Waals surface area contributed by atoms with Gasteiger partial charge in [0.1, 0.15) is 0 Å². The van der Waals surface area contributed by atoms with Crippen LogP contribution in [-0.2, 0) is 0 Å². The normalized spacial score (nSPS) is 21.6. The van der Waals surface area contributed by atoms with Crippen LogP contribution in [0.3, 0.4) is 0 Å². The predicted molar refractivity (Wildman–Crippen MR) is 71.4 cm³/mol. The standard InChI is InChI=1S/C14H26N2/c1-12(2)14-8-10-16(11-14)13(3)7-6-9-15(4)5/h6-7,12,14H,3,8-11H2,1-2,4-5H3/b7-6+. The molecular formula is C14H26N2. The van der Waals surface area contributed by atoms with Gasteiger partial charge in [-0.25, -0.2) is 0 Å². The third-order valence-corrected chi connectivity index (χ3v) is 3.35. The monoisotopic (exact) mass is 222 g/mol. The summed E-state index contributed by atoms with van der Waals surface area (Å²) < 4.78 is 0. The highest BCUT2D eigenvalue weighted by Crippen LogP contribution is 2.26. The Morgan fingerprint density at radius 1 is 1.50 bits per heavy atom. The smallest absolute Gasteiger partial charge is 0.0290 e. The Morgan fingerprint density at radius 2 is 2.19 bits per heavy atom. The van der Waals surface area contributed by atoms with Crippen LogP contribution in [0.1, 0.15) is 20.3 Å². The van der Waals surface area contributed by atoms with Crippen LogP contribution in [0.15, 0.2) is 24.4 Å². The quantitative estimate of drug-likeness (QED) is 0.660. The Morgan fingerprint density at radius 3 is 2.69 bits per heavy atom. The van der Waals surface area contributed by atoms with Gasteiger partial charge >= 0.3 is 0 Å². The highest BCUT2D eigenvalue weighted by molar-refractivity contribution is 5.15. The third-order valence-electron chi connectivity index (χ3n) is 3.35. The molecule has 0 amide bonds. The molecule has 1 unspecified atom stereocenters. The highest BCUT2D eigenvalue weighted by atomic mass is 15.2. The maximum Gasteiger partial charge on any atom is 0.0290 e. The van der Waals surface area contributed by atoms with E-state index in [2.05, 4.69) is 56.5 Å². The van der Waals surface area contributed by atoms with Crippen LogP contribution < -0.4 is 0 Å². The summed E-state index contributed by atoms with van der Waals surface area (Å²) >= 11 is 0. The number of nitrogens with zero attached hydrogens (tertiary/aromatic N) is 2. The van der Waals surface area contributed by atoms with E-state index >= 15 is 0 Å². The van der Waals surface area contributed by atoms with Crippen molar-refractivity contribution in [2.75, 3.05) is 33.7 Å². The molecule has 1 aliphatic rings. The first kappa shape index (κ1) is 13.3. The van der Waals surface area contributed by atoms with Crippen LogP contribution >= 0.6 is 0 Å². The fourth-order valence-electron chi connectivity index (χ4n) is 2.10. The van der Waals surface area contributed by atoms with Crippen molar-refractivity contribution in [2.24, 2.45) is 11.8 Å². The lowest BCUT2D eigenvalue weighted by Crippen LogP contribution is -2.20. The highest BCUT2D eigenvalue weighted by Gasteiger charge is 2.24. The number of rotatable bonds is 5. The summed E-state index contributed by atoms with van der Waals surface area (Å²) in [6, 6.07) is 0. The van der Waals surface area contributed by atoms with Crippen molar-refractivity contribution in [3.63, 3.8) is 0 Å². The lowest BCUT2D eigenvalue weighted by atomic mass is 9.95. The fraction of sp³-hybridized carbons (Fsp3) is 0.714. The maximum absolute atomic E-state index is 4.15. The first-order valence-electron chi connectivity index (χ1n) is 6.26. The first-order chi connectivity index (χ1) is 7.50. The lowest BCUT2D eigenvalue weighted by molar-refractivity contribution is 0.363. The Balaban J connectivity index is 2.36. The van der Waals surface area contributed by atoms with Crippen molar-refractivity contribution in [3.8, 4) is 0 Å². The SMILES string of the molecule is C=C(/C=C/CN(C)C)N1CCC(C(C)C)C1. The van der Waals surface area contributed by atoms with E-state index in [4.69, 9.17) is 0 Å². The molecule has 0 N–H and O–H groups in total. The second-order valence-corrected chi connectivity index (χ2v) is 5.39. The van der Waals surface area contributed by atoms with Crippen LogP contribution in [0.25, 0.3) is 0 Å². The van der Waals surface area contributed by atoms with Gasteiger partial charge in [-0.15, -0.1) is 0 Å². The number of likely N-dealkylation sites (tertiary alicyclic amines) is 1. The molecule has 1 saturated heterocycles. The Labute approximate surface area is 101 Å². The van der Waals surface area contributed by atoms with Gasteiger partial charge in [-0.1, -0.05) is 26.5 Å². The van der Waals surface area contributed by atoms with E-state index in [-0.39, 0.29) is 0 Å². The van der Waals surface area contributed by atoms with Crippen LogP contribution in [0.2, 0.25) is 0 Å². The van der Waals surface area contributed by atoms with Crippen LogP contribution in [0.4, 0.5) is 0 Å². The van der Waals surface area contributed by atoms with Crippen molar-refractivity contribution in [2.45, 2.75) is 20.3 Å². The topological polar surface area (TPSA) is 6.48 Å². The van der Waals surface area contributed by atoms with Gasteiger partial charge in [0.25, 0.3) is 0 Å². The maximum atomic E-state index is 4.15. The molecule has 0 spiro atoms. The summed E-state index contributed by atoms with van der Waals surface area (Å²) in [5.74, 6) is 1.64. The third kappa shape index (κ3) is 4.01. The second-order valence-electron chi connectivity index (χ2n) is 5.39. The van der Waals surface area contributed by atoms with Crippen molar-refractivity contribution in [3.05, 3.63) is 24.4 Å². The molecule has 0 bridgehead atoms. The molecule has 0 aromatic rings. The zero-order valence-electron chi connectivity index (χ0n) is 11.2. The molecule has 92 valence electrons. The molecule has 1 heterocycles. The summed E-state index contributed by atoms with van der Waals surface area (Å²) in [5.41, 5.74) is 1.17. The van der Waals surface area contributed by atoms with Gasteiger partial charge in [-0.3, -0.25) is 0 Å². The summed E-state index contributed by atoms with van der Waals surface area (Å²) in [6.07, 6.45) is 5.66. The van der Waals surface area contributed by atoms with E-state index in [1.807, 2.05) is 0 Å². The molecule has 0 aromatic heterocycles. The Kier molecular flexibility index (Phi) is 5.07. The van der Waals surface area contributed by atoms with E-state index in [1.165, 1.54) is 25.2 Å². The molecule has 2 heteroatoms. The van der Waals surface area contributed by atoms with Gasteiger partial charge < -0.3 is 9.80 Å². The fourth-order valence-corrected chi connectivity index (χ4v) is 2.10. The molecule has 16 heavy (non-hydrogen) atoms. The number of hydrogen-bond donors (Lipinski definition) is 0. The minimum absolute atomic E-state index is 0.795. The van der Waals surface area contributed by atoms with E-state index in [9.17, 15) is 0 Å². The van der Waals surface area contributed by atoms with E-state index in [0.29, 0.717) is 0 Å². The molecular weight excluding hydrogens is 196 g/mol. The van der Waals surface area contributed by atoms with Gasteiger partial charge in [0.05, 0.1) is 0 Å². The van der Waals surface area contributed by atoms with Crippen LogP contribution in [0.5, 0.6) is 0 Å². The van der Waals surface area contributed by atoms with Crippen molar-refractivity contribution in [1.29, 1.82) is 0 Å². The van der Waals surface area contributed by atoms with E-state index in [0.717, 1.165) is 18.4 Å². The molecule has 0 aliphatic carbocycles. The zero-order chi connectivity index (χ0) is 12.1. The number of hydrogen-bond acceptors (Lipinski definition) is 2. The van der Waals surface area contributed by atoms with Gasteiger partial charge in [0, 0.05) is 25.3 Å². The van der Waals surface area contributed by atoms with Crippen molar-refractivity contribution < 1.29 is 0 Å². The minimum Gasteiger partial charge on any atom is -0.372 e. The molecule has 0 saturated carbocycles. The Bertz CT molecular complexity index is 253. The number of likely N-dealkylation sites (N-methyl/N-ethyl adjacent to an activating group) is 1. The van der Waals surface area contributed by atoms with Crippen molar-refractivity contribution >= 4 is 0 Å². The molecule has 1 rings (SSSR count). The van der Waals surface area contributed by atoms with Gasteiger partial charge in [-0.05, 0) is 38.4 Å². The van der Waals surface area contributed by atoms with Crippen LogP contribution in [0, 0.1) is 11.8 Å². The summed E-state index contributed by atoms with van der Waals surface area (Å²) in [5, 5.41) is 0. The minimum atomic E-state index is 0.795. The van der Waals surface area contributed by atoms with E-state index in [1.54, 1.807) is 0 Å². The lowest BCUT2D eigenvalue weighted by Gasteiger charge is -2.20. The molecule has 0 aromatic carbocycles. The van der Waals surface area contributed by atoms with Gasteiger partial charge in [-0.2, -0.15) is 0 Å². The largest absolute Gasteiger partial charge is 0.372 e. The van der Waals surface area contributed by atoms with Crippen LogP contribution in [-0.4, -0.2) is 43.5 Å². The zero-order valence-corrected chi connectivity index (χ0v) is 11.2. The summed E-state index contributed by atoms with van der Waals surface area (Å²) in [6.45, 7) is 12.1. The average Bonchev–Trinajstić information content (AvgIpc) is 2.65. The second kappa shape index (κ2) is 6.09.